The van der Waals surface area contributed by atoms with Gasteiger partial charge in [-0.2, -0.15) is 0 Å². The van der Waals surface area contributed by atoms with Crippen LogP contribution in [0.25, 0.3) is 0 Å². The standard InChI is InChI=1S/C9H10ClN3OS2/c1-11-9(15)13(16(14)12(11)2)8-5-3-7(10)4-6-8/h3-6H,1-2H3. The van der Waals surface area contributed by atoms with Crippen LogP contribution in [0, 0.1) is 0 Å². The summed E-state index contributed by atoms with van der Waals surface area (Å²) >= 11 is 9.70. The number of benzene rings is 1. The van der Waals surface area contributed by atoms with Crippen LogP contribution in [0.3, 0.4) is 0 Å². The smallest absolute Gasteiger partial charge is 0.224 e. The molecule has 1 fully saturated rings. The third kappa shape index (κ3) is 1.82. The number of hydrogen-bond acceptors (Lipinski definition) is 2. The normalized spacial score (nSPS) is 21.9. The Morgan fingerprint density at radius 2 is 1.81 bits per heavy atom. The lowest BCUT2D eigenvalue weighted by Crippen LogP contribution is -2.32. The molecule has 0 saturated carbocycles. The van der Waals surface area contributed by atoms with Crippen LogP contribution in [-0.4, -0.2) is 32.8 Å². The van der Waals surface area contributed by atoms with Gasteiger partial charge in [0.1, 0.15) is 0 Å². The van der Waals surface area contributed by atoms with Gasteiger partial charge in [-0.05, 0) is 36.5 Å². The van der Waals surface area contributed by atoms with Crippen molar-refractivity contribution in [2.24, 2.45) is 0 Å². The summed E-state index contributed by atoms with van der Waals surface area (Å²) in [4.78, 5) is 0. The summed E-state index contributed by atoms with van der Waals surface area (Å²) < 4.78 is 15.2. The minimum Gasteiger partial charge on any atom is -0.271 e. The molecule has 16 heavy (non-hydrogen) atoms. The first-order valence-corrected chi connectivity index (χ1v) is 6.36. The molecular formula is C9H10ClN3OS2. The lowest BCUT2D eigenvalue weighted by Gasteiger charge is -2.15. The number of thiocarbonyl (C=S) groups is 1. The van der Waals surface area contributed by atoms with Crippen molar-refractivity contribution in [3.8, 4) is 0 Å². The number of halogens is 1. The molecule has 0 N–H and O–H groups in total. The summed E-state index contributed by atoms with van der Waals surface area (Å²) in [7, 11) is 3.49. The maximum atomic E-state index is 12.0. The van der Waals surface area contributed by atoms with Gasteiger partial charge in [-0.1, -0.05) is 11.6 Å². The molecule has 1 atom stereocenters. The van der Waals surface area contributed by atoms with E-state index in [2.05, 4.69) is 0 Å². The summed E-state index contributed by atoms with van der Waals surface area (Å²) in [5.41, 5.74) is 0.768. The molecule has 1 aliphatic heterocycles. The highest BCUT2D eigenvalue weighted by Crippen LogP contribution is 2.26. The van der Waals surface area contributed by atoms with E-state index in [-0.39, 0.29) is 0 Å². The first-order valence-electron chi connectivity index (χ1n) is 4.51. The first-order chi connectivity index (χ1) is 7.52. The van der Waals surface area contributed by atoms with Crippen LogP contribution >= 0.6 is 23.8 Å². The van der Waals surface area contributed by atoms with E-state index in [0.29, 0.717) is 10.1 Å². The molecule has 0 aromatic heterocycles. The average molecular weight is 276 g/mol. The van der Waals surface area contributed by atoms with E-state index in [0.717, 1.165) is 5.69 Å². The first kappa shape index (κ1) is 11.8. The molecule has 0 bridgehead atoms. The zero-order valence-electron chi connectivity index (χ0n) is 8.75. The second-order valence-electron chi connectivity index (χ2n) is 3.27. The fourth-order valence-corrected chi connectivity index (χ4v) is 2.99. The number of hydrazine groups is 1. The van der Waals surface area contributed by atoms with E-state index in [1.807, 2.05) is 0 Å². The minimum absolute atomic E-state index is 0.503. The van der Waals surface area contributed by atoms with Crippen molar-refractivity contribution in [2.75, 3.05) is 18.4 Å². The fourth-order valence-electron chi connectivity index (χ4n) is 1.32. The molecule has 1 heterocycles. The summed E-state index contributed by atoms with van der Waals surface area (Å²) in [5, 5.41) is 2.81. The SMILES string of the molecule is CN1C(=S)N(c2ccc(Cl)cc2)S(=O)N1C. The van der Waals surface area contributed by atoms with Crippen LogP contribution in [0.5, 0.6) is 0 Å². The molecule has 4 nitrogen and oxygen atoms in total. The molecular weight excluding hydrogens is 266 g/mol. The van der Waals surface area contributed by atoms with Crippen molar-refractivity contribution in [1.82, 2.24) is 9.42 Å². The Bertz CT molecular complexity index is 431. The highest BCUT2D eigenvalue weighted by Gasteiger charge is 2.35. The topological polar surface area (TPSA) is 26.8 Å². The number of hydrogen-bond donors (Lipinski definition) is 0. The van der Waals surface area contributed by atoms with E-state index in [4.69, 9.17) is 23.8 Å². The quantitative estimate of drug-likeness (QED) is 0.732. The van der Waals surface area contributed by atoms with Crippen LogP contribution < -0.4 is 4.31 Å². The number of nitrogens with zero attached hydrogens (tertiary/aromatic N) is 3. The largest absolute Gasteiger partial charge is 0.271 e. The van der Waals surface area contributed by atoms with Gasteiger partial charge in [0.2, 0.25) is 16.3 Å². The lowest BCUT2D eigenvalue weighted by atomic mass is 10.3. The maximum absolute atomic E-state index is 12.0. The van der Waals surface area contributed by atoms with Gasteiger partial charge < -0.3 is 0 Å². The minimum atomic E-state index is -1.31. The molecule has 1 unspecified atom stereocenters. The van der Waals surface area contributed by atoms with E-state index in [1.54, 1.807) is 52.1 Å². The fraction of sp³-hybridized carbons (Fsp3) is 0.222. The third-order valence-electron chi connectivity index (χ3n) is 2.32. The van der Waals surface area contributed by atoms with Gasteiger partial charge in [0.05, 0.1) is 5.69 Å². The summed E-state index contributed by atoms with van der Waals surface area (Å²) in [6.45, 7) is 0. The predicted octanol–water partition coefficient (Wildman–Crippen LogP) is 1.80. The van der Waals surface area contributed by atoms with Gasteiger partial charge in [-0.3, -0.25) is 5.01 Å². The number of rotatable bonds is 1. The Kier molecular flexibility index (Phi) is 3.16. The molecule has 0 spiro atoms. The van der Waals surface area contributed by atoms with Crippen LogP contribution in [-0.2, 0) is 11.2 Å². The van der Waals surface area contributed by atoms with Crippen molar-refractivity contribution in [2.45, 2.75) is 0 Å². The molecule has 0 amide bonds. The van der Waals surface area contributed by atoms with Crippen molar-refractivity contribution in [1.29, 1.82) is 0 Å². The molecule has 1 aromatic rings. The summed E-state index contributed by atoms with van der Waals surface area (Å²) in [6, 6.07) is 7.07. The van der Waals surface area contributed by atoms with Gasteiger partial charge in [0, 0.05) is 19.1 Å². The van der Waals surface area contributed by atoms with Gasteiger partial charge in [0.25, 0.3) is 0 Å². The van der Waals surface area contributed by atoms with Crippen LogP contribution in [0.1, 0.15) is 0 Å². The molecule has 86 valence electrons. The Balaban J connectivity index is 2.38. The van der Waals surface area contributed by atoms with Crippen molar-refractivity contribution in [3.63, 3.8) is 0 Å². The Labute approximate surface area is 107 Å². The van der Waals surface area contributed by atoms with Crippen LogP contribution in [0.15, 0.2) is 24.3 Å². The second kappa shape index (κ2) is 4.29. The molecule has 0 aliphatic carbocycles. The number of anilines is 1. The average Bonchev–Trinajstić information content (AvgIpc) is 2.46. The lowest BCUT2D eigenvalue weighted by molar-refractivity contribution is 0.251. The monoisotopic (exact) mass is 275 g/mol. The molecule has 1 saturated heterocycles. The zero-order valence-corrected chi connectivity index (χ0v) is 11.1. The predicted molar refractivity (Wildman–Crippen MR) is 70.2 cm³/mol. The Morgan fingerprint density at radius 3 is 2.25 bits per heavy atom. The Hall–Kier alpha value is -0.690. The second-order valence-corrected chi connectivity index (χ2v) is 5.43. The van der Waals surface area contributed by atoms with Gasteiger partial charge >= 0.3 is 0 Å². The van der Waals surface area contributed by atoms with Gasteiger partial charge in [-0.15, -0.1) is 4.41 Å². The third-order valence-corrected chi connectivity index (χ3v) is 4.52. The Morgan fingerprint density at radius 1 is 1.25 bits per heavy atom. The van der Waals surface area contributed by atoms with E-state index in [1.165, 1.54) is 0 Å². The van der Waals surface area contributed by atoms with Crippen LogP contribution in [0.4, 0.5) is 5.69 Å². The molecule has 1 aromatic carbocycles. The van der Waals surface area contributed by atoms with Crippen LogP contribution in [0.2, 0.25) is 5.02 Å². The van der Waals surface area contributed by atoms with Crippen molar-refractivity contribution in [3.05, 3.63) is 29.3 Å². The van der Waals surface area contributed by atoms with E-state index >= 15 is 0 Å². The van der Waals surface area contributed by atoms with Crippen molar-refractivity contribution >= 4 is 45.8 Å². The molecule has 1 aliphatic rings. The highest BCUT2D eigenvalue weighted by atomic mass is 35.5. The van der Waals surface area contributed by atoms with Crippen molar-refractivity contribution < 1.29 is 4.21 Å². The summed E-state index contributed by atoms with van der Waals surface area (Å²) in [5.74, 6) is 0. The molecule has 7 heteroatoms. The van der Waals surface area contributed by atoms with E-state index in [9.17, 15) is 4.21 Å². The molecule has 2 rings (SSSR count). The molecule has 0 radical (unpaired) electrons. The van der Waals surface area contributed by atoms with Gasteiger partial charge in [-0.25, -0.2) is 8.51 Å². The highest BCUT2D eigenvalue weighted by molar-refractivity contribution is 7.89. The summed E-state index contributed by atoms with van der Waals surface area (Å²) in [6.07, 6.45) is 0. The van der Waals surface area contributed by atoms with E-state index < -0.39 is 11.2 Å². The maximum Gasteiger partial charge on any atom is 0.224 e. The zero-order chi connectivity index (χ0) is 11.9. The van der Waals surface area contributed by atoms with Gasteiger partial charge in [0.15, 0.2) is 0 Å².